The van der Waals surface area contributed by atoms with Gasteiger partial charge >= 0.3 is 0 Å². The zero-order valence-corrected chi connectivity index (χ0v) is 21.1. The molecule has 0 aromatic heterocycles. The fraction of sp³-hybridized carbons (Fsp3) is 0.226. The van der Waals surface area contributed by atoms with Gasteiger partial charge in [-0.15, -0.1) is 0 Å². The number of nitrogens with zero attached hydrogens (tertiary/aromatic N) is 1. The average molecular weight is 484 g/mol. The van der Waals surface area contributed by atoms with Crippen LogP contribution in [0.15, 0.2) is 97.1 Å². The molecule has 0 amide bonds. The first kappa shape index (κ1) is 26.6. The topological polar surface area (TPSA) is 72.6 Å². The second-order valence-corrected chi connectivity index (χ2v) is 8.52. The van der Waals surface area contributed by atoms with E-state index in [0.717, 1.165) is 41.9 Å². The van der Waals surface area contributed by atoms with Crippen LogP contribution in [-0.4, -0.2) is 23.2 Å². The lowest BCUT2D eigenvalue weighted by molar-refractivity contribution is -0.384. The number of phenolic OH excluding ortho intramolecular Hbond substituents is 1. The van der Waals surface area contributed by atoms with Crippen LogP contribution in [0.1, 0.15) is 37.8 Å². The Bertz CT molecular complexity index is 1230. The summed E-state index contributed by atoms with van der Waals surface area (Å²) in [7, 11) is 0. The Hall–Kier alpha value is -3.96. The number of nitro groups is 1. The van der Waals surface area contributed by atoms with E-state index in [1.807, 2.05) is 44.2 Å². The number of rotatable bonds is 8. The number of ether oxygens (including phenoxy) is 1. The summed E-state index contributed by atoms with van der Waals surface area (Å²) in [5, 5.41) is 20.8. The molecule has 1 atom stereocenters. The third-order valence-electron chi connectivity index (χ3n) is 6.00. The maximum atomic E-state index is 10.8. The molecule has 0 heterocycles. The summed E-state index contributed by atoms with van der Waals surface area (Å²) >= 11 is 0. The third-order valence-corrected chi connectivity index (χ3v) is 6.00. The van der Waals surface area contributed by atoms with E-state index in [9.17, 15) is 15.2 Å². The van der Waals surface area contributed by atoms with Crippen LogP contribution in [0.4, 0.5) is 5.69 Å². The number of benzene rings is 4. The number of non-ortho nitro benzene ring substituents is 1. The molecule has 0 aliphatic carbocycles. The van der Waals surface area contributed by atoms with Crippen LogP contribution in [0.5, 0.6) is 5.75 Å². The average Bonchev–Trinajstić information content (AvgIpc) is 2.91. The predicted molar refractivity (Wildman–Crippen MR) is 146 cm³/mol. The van der Waals surface area contributed by atoms with Crippen LogP contribution in [0.25, 0.3) is 22.3 Å². The highest BCUT2D eigenvalue weighted by atomic mass is 16.6. The van der Waals surface area contributed by atoms with E-state index in [1.54, 1.807) is 18.2 Å². The SMILES string of the molecule is CC(Cc1ccc(O)cc1-c1ccccc1)c1ccc(-c2ccc([N+](=O)[O-])cc2)cc1.CCOCC. The van der Waals surface area contributed by atoms with Crippen molar-refractivity contribution in [2.24, 2.45) is 0 Å². The number of nitro benzene ring substituents is 1. The molecule has 5 nitrogen and oxygen atoms in total. The van der Waals surface area contributed by atoms with Crippen molar-refractivity contribution >= 4 is 5.69 Å². The van der Waals surface area contributed by atoms with E-state index in [1.165, 1.54) is 23.3 Å². The van der Waals surface area contributed by atoms with Gasteiger partial charge in [0.15, 0.2) is 0 Å². The molecule has 1 N–H and O–H groups in total. The van der Waals surface area contributed by atoms with Crippen molar-refractivity contribution in [1.82, 2.24) is 0 Å². The Morgan fingerprint density at radius 2 is 1.39 bits per heavy atom. The van der Waals surface area contributed by atoms with Gasteiger partial charge < -0.3 is 9.84 Å². The van der Waals surface area contributed by atoms with Gasteiger partial charge in [-0.05, 0) is 83.8 Å². The molecular formula is C31H33NO4. The molecule has 4 aromatic rings. The molecule has 4 aromatic carbocycles. The van der Waals surface area contributed by atoms with Crippen LogP contribution in [0.2, 0.25) is 0 Å². The molecule has 0 saturated heterocycles. The van der Waals surface area contributed by atoms with E-state index >= 15 is 0 Å². The monoisotopic (exact) mass is 483 g/mol. The van der Waals surface area contributed by atoms with Crippen LogP contribution in [0.3, 0.4) is 0 Å². The first-order chi connectivity index (χ1) is 17.4. The summed E-state index contributed by atoms with van der Waals surface area (Å²) in [5.41, 5.74) is 6.63. The summed E-state index contributed by atoms with van der Waals surface area (Å²) < 4.78 is 4.83. The Labute approximate surface area is 213 Å². The molecule has 0 radical (unpaired) electrons. The van der Waals surface area contributed by atoms with Gasteiger partial charge in [0.05, 0.1) is 4.92 Å². The predicted octanol–water partition coefficient (Wildman–Crippen LogP) is 8.02. The van der Waals surface area contributed by atoms with Crippen molar-refractivity contribution < 1.29 is 14.8 Å². The number of hydrogen-bond donors (Lipinski definition) is 1. The van der Waals surface area contributed by atoms with Crippen LogP contribution >= 0.6 is 0 Å². The molecule has 0 bridgehead atoms. The summed E-state index contributed by atoms with van der Waals surface area (Å²) in [6.45, 7) is 7.86. The van der Waals surface area contributed by atoms with E-state index in [-0.39, 0.29) is 22.3 Å². The van der Waals surface area contributed by atoms with Crippen LogP contribution < -0.4 is 0 Å². The molecule has 186 valence electrons. The zero-order valence-electron chi connectivity index (χ0n) is 21.1. The second kappa shape index (κ2) is 13.2. The fourth-order valence-electron chi connectivity index (χ4n) is 4.06. The molecular weight excluding hydrogens is 450 g/mol. The third kappa shape index (κ3) is 7.27. The normalized spacial score (nSPS) is 11.3. The molecule has 0 aliphatic heterocycles. The lowest BCUT2D eigenvalue weighted by atomic mass is 9.88. The first-order valence-electron chi connectivity index (χ1n) is 12.2. The van der Waals surface area contributed by atoms with E-state index in [0.29, 0.717) is 0 Å². The van der Waals surface area contributed by atoms with E-state index in [2.05, 4.69) is 43.3 Å². The smallest absolute Gasteiger partial charge is 0.269 e. The van der Waals surface area contributed by atoms with Crippen LogP contribution in [-0.2, 0) is 11.2 Å². The highest BCUT2D eigenvalue weighted by Crippen LogP contribution is 2.32. The highest BCUT2D eigenvalue weighted by molar-refractivity contribution is 5.69. The Balaban J connectivity index is 0.000000658. The standard InChI is InChI=1S/C27H23NO3.C4H10O/c1-19(17-24-13-16-26(29)18-27(24)23-5-3-2-4-6-23)20-7-9-21(10-8-20)22-11-14-25(15-12-22)28(30)31;1-3-5-4-2/h2-16,18-19,29H,17H2,1H3;3-4H2,1-2H3. The van der Waals surface area contributed by atoms with Gasteiger partial charge in [0, 0.05) is 25.3 Å². The molecule has 0 fully saturated rings. The van der Waals surface area contributed by atoms with Gasteiger partial charge in [0.2, 0.25) is 0 Å². The number of phenols is 1. The van der Waals surface area contributed by atoms with Crippen molar-refractivity contribution in [1.29, 1.82) is 0 Å². The number of aromatic hydroxyl groups is 1. The Kier molecular flexibility index (Phi) is 9.78. The van der Waals surface area contributed by atoms with Gasteiger partial charge in [0.1, 0.15) is 5.75 Å². The minimum Gasteiger partial charge on any atom is -0.508 e. The van der Waals surface area contributed by atoms with E-state index < -0.39 is 0 Å². The molecule has 36 heavy (non-hydrogen) atoms. The van der Waals surface area contributed by atoms with Crippen molar-refractivity contribution in [2.45, 2.75) is 33.1 Å². The molecule has 4 rings (SSSR count). The minimum absolute atomic E-state index is 0.0945. The fourth-order valence-corrected chi connectivity index (χ4v) is 4.06. The zero-order chi connectivity index (χ0) is 25.9. The maximum Gasteiger partial charge on any atom is 0.269 e. The second-order valence-electron chi connectivity index (χ2n) is 8.52. The summed E-state index contributed by atoms with van der Waals surface area (Å²) in [6.07, 6.45) is 0.849. The number of hydrogen-bond acceptors (Lipinski definition) is 4. The lowest BCUT2D eigenvalue weighted by Gasteiger charge is -2.16. The largest absolute Gasteiger partial charge is 0.508 e. The molecule has 5 heteroatoms. The van der Waals surface area contributed by atoms with Crippen molar-refractivity contribution in [3.05, 3.63) is 118 Å². The molecule has 1 unspecified atom stereocenters. The Morgan fingerprint density at radius 3 is 1.92 bits per heavy atom. The van der Waals surface area contributed by atoms with Gasteiger partial charge in [-0.3, -0.25) is 10.1 Å². The van der Waals surface area contributed by atoms with Gasteiger partial charge in [-0.2, -0.15) is 0 Å². The van der Waals surface area contributed by atoms with Gasteiger partial charge in [0.25, 0.3) is 5.69 Å². The highest BCUT2D eigenvalue weighted by Gasteiger charge is 2.13. The van der Waals surface area contributed by atoms with Gasteiger partial charge in [-0.25, -0.2) is 0 Å². The van der Waals surface area contributed by atoms with Crippen molar-refractivity contribution in [3.63, 3.8) is 0 Å². The summed E-state index contributed by atoms with van der Waals surface area (Å²) in [5.74, 6) is 0.556. The molecule has 0 aliphatic rings. The minimum atomic E-state index is -0.387. The Morgan fingerprint density at radius 1 is 0.806 bits per heavy atom. The van der Waals surface area contributed by atoms with Crippen molar-refractivity contribution in [2.75, 3.05) is 13.2 Å². The lowest BCUT2D eigenvalue weighted by Crippen LogP contribution is -2.00. The molecule has 0 spiro atoms. The summed E-state index contributed by atoms with van der Waals surface area (Å²) in [6, 6.07) is 30.6. The van der Waals surface area contributed by atoms with Gasteiger partial charge in [-0.1, -0.05) is 67.6 Å². The van der Waals surface area contributed by atoms with E-state index in [4.69, 9.17) is 4.74 Å². The quantitative estimate of drug-likeness (QED) is 0.203. The van der Waals surface area contributed by atoms with Crippen molar-refractivity contribution in [3.8, 4) is 28.0 Å². The summed E-state index contributed by atoms with van der Waals surface area (Å²) in [4.78, 5) is 10.5. The van der Waals surface area contributed by atoms with Crippen LogP contribution in [0, 0.1) is 10.1 Å². The maximum absolute atomic E-state index is 10.8. The molecule has 0 saturated carbocycles. The first-order valence-corrected chi connectivity index (χ1v) is 12.2.